The number of Topliss-reactive ketones (excluding diaryl/α,β-unsaturated/α-hetero) is 1. The second kappa shape index (κ2) is 8.60. The zero-order valence-corrected chi connectivity index (χ0v) is 13.7. The second-order valence-electron chi connectivity index (χ2n) is 5.35. The molecule has 0 heterocycles. The van der Waals surface area contributed by atoms with Gasteiger partial charge in [-0.25, -0.2) is 0 Å². The van der Waals surface area contributed by atoms with Crippen molar-refractivity contribution < 1.29 is 19.6 Å². The number of anilines is 1. The Labute approximate surface area is 145 Å². The summed E-state index contributed by atoms with van der Waals surface area (Å²) >= 11 is 0. The van der Waals surface area contributed by atoms with Crippen LogP contribution in [0.15, 0.2) is 54.6 Å². The van der Waals surface area contributed by atoms with Crippen LogP contribution in [-0.2, 0) is 16.0 Å². The Morgan fingerprint density at radius 1 is 1.04 bits per heavy atom. The van der Waals surface area contributed by atoms with Gasteiger partial charge in [-0.1, -0.05) is 36.4 Å². The van der Waals surface area contributed by atoms with Crippen LogP contribution in [0.2, 0.25) is 0 Å². The van der Waals surface area contributed by atoms with Gasteiger partial charge in [-0.15, -0.1) is 0 Å². The predicted molar refractivity (Wildman–Crippen MR) is 92.3 cm³/mol. The van der Waals surface area contributed by atoms with Crippen LogP contribution in [0.5, 0.6) is 0 Å². The molecule has 0 aliphatic heterocycles. The van der Waals surface area contributed by atoms with Gasteiger partial charge in [-0.2, -0.15) is 0 Å². The monoisotopic (exact) mass is 341 g/mol. The zero-order valence-electron chi connectivity index (χ0n) is 13.7. The summed E-state index contributed by atoms with van der Waals surface area (Å²) in [6.45, 7) is 0. The van der Waals surface area contributed by atoms with Crippen molar-refractivity contribution in [3.05, 3.63) is 65.7 Å². The van der Waals surface area contributed by atoms with Crippen LogP contribution < -0.4 is 16.1 Å². The van der Waals surface area contributed by atoms with E-state index in [-0.39, 0.29) is 12.0 Å². The summed E-state index contributed by atoms with van der Waals surface area (Å²) in [5, 5.41) is 13.8. The lowest BCUT2D eigenvalue weighted by molar-refractivity contribution is -0.138. The Hall–Kier alpha value is -3.19. The van der Waals surface area contributed by atoms with Gasteiger partial charge in [0, 0.05) is 19.0 Å². The fourth-order valence-corrected chi connectivity index (χ4v) is 2.31. The van der Waals surface area contributed by atoms with Crippen molar-refractivity contribution in [1.82, 2.24) is 10.6 Å². The van der Waals surface area contributed by atoms with Crippen LogP contribution in [0.1, 0.15) is 15.9 Å². The van der Waals surface area contributed by atoms with Crippen LogP contribution >= 0.6 is 0 Å². The number of hydrogen-bond donors (Lipinski definition) is 4. The van der Waals surface area contributed by atoms with Gasteiger partial charge in [0.2, 0.25) is 5.78 Å². The van der Waals surface area contributed by atoms with Crippen molar-refractivity contribution in [3.8, 4) is 0 Å². The molecule has 0 aromatic heterocycles. The molecule has 0 aliphatic rings. The first-order valence-electron chi connectivity index (χ1n) is 7.66. The molecule has 4 N–H and O–H groups in total. The minimum atomic E-state index is -0.999. The number of nitrogens with one attached hydrogen (secondary N) is 3. The van der Waals surface area contributed by atoms with Crippen LogP contribution in [0, 0.1) is 0 Å². The molecular formula is C18H19N3O4. The molecule has 7 heteroatoms. The maximum Gasteiger partial charge on any atom is 0.289 e. The SMILES string of the molecule is CNC(=O)C(=O)[C@H](Cc1ccccc1)NC(=O)c1cccc(NO)c1. The van der Waals surface area contributed by atoms with Gasteiger partial charge in [0.05, 0.1) is 5.69 Å². The van der Waals surface area contributed by atoms with Gasteiger partial charge >= 0.3 is 0 Å². The number of carbonyl (C=O) groups is 3. The van der Waals surface area contributed by atoms with E-state index in [9.17, 15) is 14.4 Å². The van der Waals surface area contributed by atoms with Gasteiger partial charge in [-0.3, -0.25) is 25.1 Å². The van der Waals surface area contributed by atoms with E-state index in [1.807, 2.05) is 35.8 Å². The fraction of sp³-hybridized carbons (Fsp3) is 0.167. The average Bonchev–Trinajstić information content (AvgIpc) is 2.67. The molecule has 2 aromatic carbocycles. The first-order chi connectivity index (χ1) is 12.0. The Kier molecular flexibility index (Phi) is 6.25. The van der Waals surface area contributed by atoms with Crippen LogP contribution in [-0.4, -0.2) is 35.9 Å². The smallest absolute Gasteiger partial charge is 0.289 e. The molecule has 0 saturated carbocycles. The molecule has 0 unspecified atom stereocenters. The third-order valence-electron chi connectivity index (χ3n) is 3.61. The van der Waals surface area contributed by atoms with E-state index >= 15 is 0 Å². The lowest BCUT2D eigenvalue weighted by Crippen LogP contribution is -2.48. The third-order valence-corrected chi connectivity index (χ3v) is 3.61. The Bertz CT molecular complexity index is 762. The molecule has 25 heavy (non-hydrogen) atoms. The predicted octanol–water partition coefficient (Wildman–Crippen LogP) is 1.14. The minimum absolute atomic E-state index is 0.191. The van der Waals surface area contributed by atoms with Gasteiger partial charge in [0.25, 0.3) is 11.8 Å². The van der Waals surface area contributed by atoms with Crippen molar-refractivity contribution in [2.45, 2.75) is 12.5 Å². The number of benzene rings is 2. The Morgan fingerprint density at radius 2 is 1.76 bits per heavy atom. The van der Waals surface area contributed by atoms with Crippen LogP contribution in [0.25, 0.3) is 0 Å². The standard InChI is InChI=1S/C18H19N3O4/c1-19-18(24)16(22)15(10-12-6-3-2-4-7-12)20-17(23)13-8-5-9-14(11-13)21-25/h2-9,11,15,21,25H,10H2,1H3,(H,19,24)(H,20,23)/t15-/m0/s1. The molecule has 0 radical (unpaired) electrons. The maximum absolute atomic E-state index is 12.4. The number of rotatable bonds is 7. The van der Waals surface area contributed by atoms with Crippen molar-refractivity contribution in [3.63, 3.8) is 0 Å². The molecule has 130 valence electrons. The molecule has 0 saturated heterocycles. The summed E-state index contributed by atoms with van der Waals surface area (Å²) in [4.78, 5) is 36.4. The van der Waals surface area contributed by atoms with Crippen molar-refractivity contribution >= 4 is 23.3 Å². The van der Waals surface area contributed by atoms with E-state index in [2.05, 4.69) is 10.6 Å². The van der Waals surface area contributed by atoms with E-state index in [4.69, 9.17) is 5.21 Å². The van der Waals surface area contributed by atoms with Crippen molar-refractivity contribution in [2.75, 3.05) is 12.5 Å². The van der Waals surface area contributed by atoms with Crippen molar-refractivity contribution in [1.29, 1.82) is 0 Å². The van der Waals surface area contributed by atoms with Gasteiger partial charge in [-0.05, 0) is 23.8 Å². The van der Waals surface area contributed by atoms with Crippen LogP contribution in [0.3, 0.4) is 0 Å². The summed E-state index contributed by atoms with van der Waals surface area (Å²) < 4.78 is 0. The average molecular weight is 341 g/mol. The summed E-state index contributed by atoms with van der Waals surface area (Å²) in [6, 6.07) is 14.2. The quantitative estimate of drug-likeness (QED) is 0.446. The number of carbonyl (C=O) groups excluding carboxylic acids is 3. The van der Waals surface area contributed by atoms with Gasteiger partial charge in [0.1, 0.15) is 6.04 Å². The van der Waals surface area contributed by atoms with E-state index in [0.717, 1.165) is 5.56 Å². The first-order valence-corrected chi connectivity index (χ1v) is 7.66. The maximum atomic E-state index is 12.4. The lowest BCUT2D eigenvalue weighted by Gasteiger charge is -2.17. The fourth-order valence-electron chi connectivity index (χ4n) is 2.31. The van der Waals surface area contributed by atoms with Gasteiger partial charge in [0.15, 0.2) is 0 Å². The largest absolute Gasteiger partial charge is 0.353 e. The molecule has 2 aromatic rings. The topological polar surface area (TPSA) is 108 Å². The highest BCUT2D eigenvalue weighted by atomic mass is 16.5. The molecule has 0 fully saturated rings. The Morgan fingerprint density at radius 3 is 2.40 bits per heavy atom. The van der Waals surface area contributed by atoms with E-state index in [1.54, 1.807) is 18.2 Å². The van der Waals surface area contributed by atoms with E-state index in [1.165, 1.54) is 13.1 Å². The molecule has 0 spiro atoms. The molecule has 2 rings (SSSR count). The molecule has 0 aliphatic carbocycles. The normalized spacial score (nSPS) is 11.3. The summed E-state index contributed by atoms with van der Waals surface area (Å²) in [7, 11) is 1.36. The summed E-state index contributed by atoms with van der Waals surface area (Å²) in [5.41, 5.74) is 3.36. The molecule has 1 atom stereocenters. The highest BCUT2D eigenvalue weighted by Gasteiger charge is 2.26. The molecule has 7 nitrogen and oxygen atoms in total. The number of amides is 2. The second-order valence-corrected chi connectivity index (χ2v) is 5.35. The number of likely N-dealkylation sites (N-methyl/N-ethyl adjacent to an activating group) is 1. The third kappa shape index (κ3) is 4.89. The lowest BCUT2D eigenvalue weighted by atomic mass is 10.0. The number of ketones is 1. The Balaban J connectivity index is 2.20. The van der Waals surface area contributed by atoms with Crippen LogP contribution in [0.4, 0.5) is 5.69 Å². The van der Waals surface area contributed by atoms with Crippen molar-refractivity contribution in [2.24, 2.45) is 0 Å². The van der Waals surface area contributed by atoms with Gasteiger partial charge < -0.3 is 10.6 Å². The number of hydrogen-bond acceptors (Lipinski definition) is 5. The summed E-state index contributed by atoms with van der Waals surface area (Å²) in [6.07, 6.45) is 0.191. The van der Waals surface area contributed by atoms with E-state index < -0.39 is 23.6 Å². The molecule has 0 bridgehead atoms. The zero-order chi connectivity index (χ0) is 18.2. The first kappa shape index (κ1) is 18.2. The molecular weight excluding hydrogens is 322 g/mol. The highest BCUT2D eigenvalue weighted by molar-refractivity contribution is 6.38. The molecule has 2 amide bonds. The summed E-state index contributed by atoms with van der Waals surface area (Å²) in [5.74, 6) is -2.02. The minimum Gasteiger partial charge on any atom is -0.353 e. The van der Waals surface area contributed by atoms with E-state index in [0.29, 0.717) is 5.69 Å². The highest BCUT2D eigenvalue weighted by Crippen LogP contribution is 2.11.